The number of unbranched alkanes of at least 4 members (excludes halogenated alkanes) is 2. The van der Waals surface area contributed by atoms with Crippen LogP contribution < -0.4 is 15.5 Å². The number of amides is 3. The number of thioether (sulfide) groups is 1. The summed E-state index contributed by atoms with van der Waals surface area (Å²) in [5.41, 5.74) is 2.89. The normalized spacial score (nSPS) is 11.5. The lowest BCUT2D eigenvalue weighted by atomic mass is 10.2. The van der Waals surface area contributed by atoms with Crippen molar-refractivity contribution in [2.24, 2.45) is 0 Å². The molecule has 0 bridgehead atoms. The number of benzene rings is 1. The van der Waals surface area contributed by atoms with Crippen LogP contribution in [0, 0.1) is 0 Å². The summed E-state index contributed by atoms with van der Waals surface area (Å²) in [6, 6.07) is 6.66. The van der Waals surface area contributed by atoms with Gasteiger partial charge < -0.3 is 15.4 Å². The van der Waals surface area contributed by atoms with Gasteiger partial charge in [-0.2, -0.15) is 0 Å². The Balaban J connectivity index is 2.23. The number of thiazole rings is 1. The maximum absolute atomic E-state index is 13.2. The number of esters is 1. The Morgan fingerprint density at radius 3 is 2.71 bits per heavy atom. The zero-order valence-corrected chi connectivity index (χ0v) is 19.6. The molecule has 1 aromatic heterocycles. The summed E-state index contributed by atoms with van der Waals surface area (Å²) in [5, 5.41) is 4.62. The van der Waals surface area contributed by atoms with Crippen molar-refractivity contribution < 1.29 is 19.1 Å². The first kappa shape index (κ1) is 24.7. The second-order valence-corrected chi connectivity index (χ2v) is 8.90. The molecular weight excluding hydrogens is 436 g/mol. The fourth-order valence-corrected chi connectivity index (χ4v) is 4.41. The minimum Gasteiger partial charge on any atom is -0.464 e. The van der Waals surface area contributed by atoms with Crippen LogP contribution in [0.1, 0.15) is 40.0 Å². The fraction of sp³-hybridized carbons (Fsp3) is 0.429. The van der Waals surface area contributed by atoms with Gasteiger partial charge in [0.15, 0.2) is 5.37 Å². The van der Waals surface area contributed by atoms with Gasteiger partial charge in [0.2, 0.25) is 5.91 Å². The molecule has 1 unspecified atom stereocenters. The first-order valence-electron chi connectivity index (χ1n) is 10.1. The van der Waals surface area contributed by atoms with Crippen molar-refractivity contribution in [3.63, 3.8) is 0 Å². The molecule has 1 heterocycles. The van der Waals surface area contributed by atoms with Crippen LogP contribution in [0.2, 0.25) is 0 Å². The third-order valence-electron chi connectivity index (χ3n) is 4.11. The SMILES string of the molecule is CCCCCN(C(=O)NC(Sc1cncs1)C(=O)OCC)c1cccc(NC(C)=O)c1. The average Bonchev–Trinajstić information content (AvgIpc) is 3.23. The first-order valence-corrected chi connectivity index (χ1v) is 11.9. The van der Waals surface area contributed by atoms with Crippen molar-refractivity contribution in [3.8, 4) is 0 Å². The van der Waals surface area contributed by atoms with Crippen molar-refractivity contribution in [3.05, 3.63) is 36.0 Å². The Morgan fingerprint density at radius 1 is 1.26 bits per heavy atom. The fourth-order valence-electron chi connectivity index (χ4n) is 2.75. The number of aromatic nitrogens is 1. The molecule has 0 saturated carbocycles. The zero-order chi connectivity index (χ0) is 22.6. The molecule has 168 valence electrons. The highest BCUT2D eigenvalue weighted by molar-refractivity contribution is 8.02. The highest BCUT2D eigenvalue weighted by Crippen LogP contribution is 2.27. The molecule has 2 N–H and O–H groups in total. The minimum atomic E-state index is -0.903. The molecule has 3 amide bonds. The van der Waals surface area contributed by atoms with E-state index in [1.165, 1.54) is 30.0 Å². The van der Waals surface area contributed by atoms with E-state index in [0.717, 1.165) is 23.5 Å². The Kier molecular flexibility index (Phi) is 10.3. The van der Waals surface area contributed by atoms with Crippen LogP contribution >= 0.6 is 23.1 Å². The van der Waals surface area contributed by atoms with E-state index in [-0.39, 0.29) is 12.5 Å². The van der Waals surface area contributed by atoms with Crippen molar-refractivity contribution in [1.29, 1.82) is 0 Å². The molecule has 1 atom stereocenters. The highest BCUT2D eigenvalue weighted by Gasteiger charge is 2.27. The first-order chi connectivity index (χ1) is 14.9. The largest absolute Gasteiger partial charge is 0.464 e. The number of hydrogen-bond donors (Lipinski definition) is 2. The molecule has 0 fully saturated rings. The second-order valence-electron chi connectivity index (χ2n) is 6.61. The van der Waals surface area contributed by atoms with Gasteiger partial charge in [0.25, 0.3) is 0 Å². The van der Waals surface area contributed by atoms with Gasteiger partial charge in [-0.25, -0.2) is 9.59 Å². The Bertz CT molecular complexity index is 861. The van der Waals surface area contributed by atoms with Crippen molar-refractivity contribution >= 4 is 52.4 Å². The van der Waals surface area contributed by atoms with Crippen LogP contribution in [0.3, 0.4) is 0 Å². The summed E-state index contributed by atoms with van der Waals surface area (Å²) < 4.78 is 5.94. The molecular formula is C21H28N4O4S2. The predicted molar refractivity (Wildman–Crippen MR) is 125 cm³/mol. The van der Waals surface area contributed by atoms with Gasteiger partial charge in [0.1, 0.15) is 0 Å². The number of urea groups is 1. The van der Waals surface area contributed by atoms with E-state index < -0.39 is 17.4 Å². The lowest BCUT2D eigenvalue weighted by molar-refractivity contribution is -0.142. The summed E-state index contributed by atoms with van der Waals surface area (Å²) in [6.45, 7) is 5.93. The maximum Gasteiger partial charge on any atom is 0.339 e. The highest BCUT2D eigenvalue weighted by atomic mass is 32.2. The summed E-state index contributed by atoms with van der Waals surface area (Å²) in [5.74, 6) is -0.711. The Labute approximate surface area is 190 Å². The molecule has 31 heavy (non-hydrogen) atoms. The van der Waals surface area contributed by atoms with E-state index in [1.54, 1.807) is 47.8 Å². The van der Waals surface area contributed by atoms with Crippen LogP contribution in [-0.4, -0.2) is 41.4 Å². The quantitative estimate of drug-likeness (QED) is 0.220. The van der Waals surface area contributed by atoms with Gasteiger partial charge >= 0.3 is 12.0 Å². The number of nitrogens with zero attached hydrogens (tertiary/aromatic N) is 2. The zero-order valence-electron chi connectivity index (χ0n) is 17.9. The number of anilines is 2. The number of hydrogen-bond acceptors (Lipinski definition) is 7. The van der Waals surface area contributed by atoms with Crippen LogP contribution in [0.25, 0.3) is 0 Å². The molecule has 0 aliphatic carbocycles. The van der Waals surface area contributed by atoms with Crippen LogP contribution in [-0.2, 0) is 14.3 Å². The third-order valence-corrected chi connectivity index (χ3v) is 6.13. The molecule has 2 rings (SSSR count). The van der Waals surface area contributed by atoms with E-state index in [1.807, 2.05) is 0 Å². The van der Waals surface area contributed by atoms with Crippen LogP contribution in [0.5, 0.6) is 0 Å². The van der Waals surface area contributed by atoms with Gasteiger partial charge in [0.05, 0.1) is 22.5 Å². The molecule has 0 aliphatic heterocycles. The monoisotopic (exact) mass is 464 g/mol. The summed E-state index contributed by atoms with van der Waals surface area (Å²) in [6.07, 6.45) is 4.42. The Hall–Kier alpha value is -2.59. The molecule has 0 saturated heterocycles. The lowest BCUT2D eigenvalue weighted by Crippen LogP contribution is -2.47. The molecule has 1 aromatic carbocycles. The van der Waals surface area contributed by atoms with Crippen molar-refractivity contribution in [2.45, 2.75) is 49.6 Å². The third kappa shape index (κ3) is 8.22. The number of carbonyl (C=O) groups excluding carboxylic acids is 3. The standard InChI is InChI=1S/C21H28N4O4S2/c1-4-6-7-11-25(17-10-8-9-16(12-17)23-15(3)26)21(28)24-19(20(27)29-5-2)31-18-13-22-14-30-18/h8-10,12-14,19H,4-7,11H2,1-3H3,(H,23,26)(H,24,28). The molecule has 0 radical (unpaired) electrons. The second kappa shape index (κ2) is 13.0. The van der Waals surface area contributed by atoms with Crippen LogP contribution in [0.15, 0.2) is 40.2 Å². The van der Waals surface area contributed by atoms with Gasteiger partial charge in [0, 0.05) is 24.8 Å². The predicted octanol–water partition coefficient (Wildman–Crippen LogP) is 4.49. The van der Waals surface area contributed by atoms with E-state index in [2.05, 4.69) is 22.5 Å². The average molecular weight is 465 g/mol. The Morgan fingerprint density at radius 2 is 2.06 bits per heavy atom. The van der Waals surface area contributed by atoms with Gasteiger partial charge in [-0.1, -0.05) is 37.6 Å². The van der Waals surface area contributed by atoms with Gasteiger partial charge in [-0.05, 0) is 31.5 Å². The van der Waals surface area contributed by atoms with E-state index >= 15 is 0 Å². The van der Waals surface area contributed by atoms with E-state index in [0.29, 0.717) is 17.9 Å². The van der Waals surface area contributed by atoms with Crippen LogP contribution in [0.4, 0.5) is 16.2 Å². The summed E-state index contributed by atoms with van der Waals surface area (Å²) >= 11 is 2.57. The number of ether oxygens (including phenoxy) is 1. The summed E-state index contributed by atoms with van der Waals surface area (Å²) in [7, 11) is 0. The number of carbonyl (C=O) groups is 3. The lowest BCUT2D eigenvalue weighted by Gasteiger charge is -2.26. The molecule has 0 spiro atoms. The maximum atomic E-state index is 13.2. The van der Waals surface area contributed by atoms with Crippen molar-refractivity contribution in [2.75, 3.05) is 23.4 Å². The molecule has 10 heteroatoms. The molecule has 0 aliphatic rings. The molecule has 8 nitrogen and oxygen atoms in total. The van der Waals surface area contributed by atoms with E-state index in [9.17, 15) is 14.4 Å². The topological polar surface area (TPSA) is 101 Å². The minimum absolute atomic E-state index is 0.192. The molecule has 2 aromatic rings. The van der Waals surface area contributed by atoms with Gasteiger partial charge in [-0.15, -0.1) is 11.3 Å². The van der Waals surface area contributed by atoms with Crippen molar-refractivity contribution in [1.82, 2.24) is 10.3 Å². The number of rotatable bonds is 11. The summed E-state index contributed by atoms with van der Waals surface area (Å²) in [4.78, 5) is 42.7. The number of nitrogens with one attached hydrogen (secondary N) is 2. The smallest absolute Gasteiger partial charge is 0.339 e. The van der Waals surface area contributed by atoms with E-state index in [4.69, 9.17) is 4.74 Å². The van der Waals surface area contributed by atoms with Gasteiger partial charge in [-0.3, -0.25) is 14.7 Å².